The molecule has 1 N–H and O–H groups in total. The van der Waals surface area contributed by atoms with Crippen LogP contribution in [-0.4, -0.2) is 59.6 Å². The lowest BCUT2D eigenvalue weighted by Gasteiger charge is -2.32. The Morgan fingerprint density at radius 2 is 2.12 bits per heavy atom. The van der Waals surface area contributed by atoms with Gasteiger partial charge in [-0.15, -0.1) is 5.10 Å². The lowest BCUT2D eigenvalue weighted by Crippen LogP contribution is -2.42. The quantitative estimate of drug-likeness (QED) is 0.894. The molecule has 2 aromatic rings. The number of hydrogen-bond acceptors (Lipinski definition) is 5. The van der Waals surface area contributed by atoms with E-state index in [2.05, 4.69) is 15.6 Å². The van der Waals surface area contributed by atoms with E-state index in [1.165, 1.54) is 0 Å². The molecule has 2 heterocycles. The Labute approximate surface area is 148 Å². The van der Waals surface area contributed by atoms with Gasteiger partial charge in [0, 0.05) is 13.1 Å². The van der Waals surface area contributed by atoms with E-state index in [9.17, 15) is 4.79 Å². The van der Waals surface area contributed by atoms with Crippen LogP contribution in [0.2, 0.25) is 0 Å². The maximum absolute atomic E-state index is 12.9. The van der Waals surface area contributed by atoms with E-state index in [4.69, 9.17) is 4.74 Å². The predicted octanol–water partition coefficient (Wildman–Crippen LogP) is 1.66. The number of rotatable bonds is 5. The molecule has 1 saturated heterocycles. The van der Waals surface area contributed by atoms with Gasteiger partial charge in [0.1, 0.15) is 5.75 Å². The summed E-state index contributed by atoms with van der Waals surface area (Å²) in [5, 5.41) is 11.5. The Kier molecular flexibility index (Phi) is 5.33. The van der Waals surface area contributed by atoms with Gasteiger partial charge in [0.2, 0.25) is 0 Å². The number of carbonyl (C=O) groups excluding carboxylic acids is 1. The first-order valence-electron chi connectivity index (χ1n) is 8.64. The van der Waals surface area contributed by atoms with Crippen molar-refractivity contribution < 1.29 is 9.53 Å². The minimum atomic E-state index is -0.0296. The average molecular weight is 343 g/mol. The molecule has 0 bridgehead atoms. The zero-order valence-corrected chi connectivity index (χ0v) is 15.0. The van der Waals surface area contributed by atoms with Gasteiger partial charge in [-0.3, -0.25) is 4.79 Å². The van der Waals surface area contributed by atoms with Gasteiger partial charge in [0.15, 0.2) is 5.69 Å². The molecule has 0 radical (unpaired) electrons. The van der Waals surface area contributed by atoms with Crippen LogP contribution < -0.4 is 10.1 Å². The SMILES string of the molecule is CNCC1CCCN(C(=O)c2nnn(-c3ccc(OC)cc3)c2C)C1. The van der Waals surface area contributed by atoms with Crippen molar-refractivity contribution in [2.75, 3.05) is 33.8 Å². The summed E-state index contributed by atoms with van der Waals surface area (Å²) in [5.41, 5.74) is 2.04. The highest BCUT2D eigenvalue weighted by Crippen LogP contribution is 2.20. The molecule has 1 unspecified atom stereocenters. The van der Waals surface area contributed by atoms with Gasteiger partial charge in [-0.1, -0.05) is 5.21 Å². The van der Waals surface area contributed by atoms with Crippen LogP contribution in [0.15, 0.2) is 24.3 Å². The topological polar surface area (TPSA) is 72.3 Å². The number of methoxy groups -OCH3 is 1. The maximum Gasteiger partial charge on any atom is 0.276 e. The largest absolute Gasteiger partial charge is 0.497 e. The summed E-state index contributed by atoms with van der Waals surface area (Å²) in [5.74, 6) is 1.25. The van der Waals surface area contributed by atoms with Crippen molar-refractivity contribution in [1.82, 2.24) is 25.2 Å². The molecule has 3 rings (SSSR count). The molecular formula is C18H25N5O2. The smallest absolute Gasteiger partial charge is 0.276 e. The molecule has 0 spiro atoms. The number of piperidine rings is 1. The first-order valence-corrected chi connectivity index (χ1v) is 8.64. The van der Waals surface area contributed by atoms with E-state index in [0.29, 0.717) is 11.6 Å². The second-order valence-electron chi connectivity index (χ2n) is 6.45. The number of amides is 1. The molecular weight excluding hydrogens is 318 g/mol. The third-order valence-electron chi connectivity index (χ3n) is 4.71. The van der Waals surface area contributed by atoms with Crippen molar-refractivity contribution >= 4 is 5.91 Å². The Morgan fingerprint density at radius 3 is 2.80 bits per heavy atom. The average Bonchev–Trinajstić information content (AvgIpc) is 3.03. The number of benzene rings is 1. The van der Waals surface area contributed by atoms with Gasteiger partial charge < -0.3 is 15.0 Å². The number of aromatic nitrogens is 3. The summed E-state index contributed by atoms with van der Waals surface area (Å²) in [4.78, 5) is 14.8. The monoisotopic (exact) mass is 343 g/mol. The summed E-state index contributed by atoms with van der Waals surface area (Å²) < 4.78 is 6.87. The molecule has 1 fully saturated rings. The van der Waals surface area contributed by atoms with Gasteiger partial charge in [-0.05, 0) is 63.5 Å². The second-order valence-corrected chi connectivity index (χ2v) is 6.45. The minimum Gasteiger partial charge on any atom is -0.497 e. The Balaban J connectivity index is 1.78. The van der Waals surface area contributed by atoms with Crippen LogP contribution in [0.3, 0.4) is 0 Å². The molecule has 1 amide bonds. The van der Waals surface area contributed by atoms with E-state index in [0.717, 1.165) is 49.6 Å². The van der Waals surface area contributed by atoms with Gasteiger partial charge in [-0.25, -0.2) is 4.68 Å². The van der Waals surface area contributed by atoms with Crippen molar-refractivity contribution in [3.05, 3.63) is 35.7 Å². The summed E-state index contributed by atoms with van der Waals surface area (Å²) in [6, 6.07) is 7.53. The van der Waals surface area contributed by atoms with Crippen LogP contribution in [0.1, 0.15) is 29.0 Å². The van der Waals surface area contributed by atoms with E-state index in [1.54, 1.807) is 11.8 Å². The van der Waals surface area contributed by atoms with Crippen molar-refractivity contribution in [2.45, 2.75) is 19.8 Å². The number of likely N-dealkylation sites (tertiary alicyclic amines) is 1. The Hall–Kier alpha value is -2.41. The lowest BCUT2D eigenvalue weighted by atomic mass is 9.97. The van der Waals surface area contributed by atoms with Crippen LogP contribution in [0.5, 0.6) is 5.75 Å². The molecule has 1 atom stereocenters. The number of ether oxygens (including phenoxy) is 1. The van der Waals surface area contributed by atoms with Crippen molar-refractivity contribution in [1.29, 1.82) is 0 Å². The molecule has 1 aromatic heterocycles. The summed E-state index contributed by atoms with van der Waals surface area (Å²) in [6.07, 6.45) is 2.19. The molecule has 0 saturated carbocycles. The molecule has 134 valence electrons. The summed E-state index contributed by atoms with van der Waals surface area (Å²) >= 11 is 0. The third kappa shape index (κ3) is 3.66. The van der Waals surface area contributed by atoms with Gasteiger partial charge >= 0.3 is 0 Å². The molecule has 1 aliphatic rings. The molecule has 7 heteroatoms. The summed E-state index contributed by atoms with van der Waals surface area (Å²) in [7, 11) is 3.58. The standard InChI is InChI=1S/C18H25N5O2/c1-13-17(18(24)22-10-4-5-14(12-22)11-19-2)20-21-23(13)15-6-8-16(25-3)9-7-15/h6-9,14,19H,4-5,10-12H2,1-3H3. The number of hydrogen-bond donors (Lipinski definition) is 1. The zero-order valence-electron chi connectivity index (χ0n) is 15.0. The number of nitrogens with zero attached hydrogens (tertiary/aromatic N) is 4. The van der Waals surface area contributed by atoms with E-state index < -0.39 is 0 Å². The fourth-order valence-electron chi connectivity index (χ4n) is 3.35. The molecule has 25 heavy (non-hydrogen) atoms. The first-order chi connectivity index (χ1) is 12.1. The highest BCUT2D eigenvalue weighted by molar-refractivity contribution is 5.93. The van der Waals surface area contributed by atoms with Crippen LogP contribution in [0, 0.1) is 12.8 Å². The van der Waals surface area contributed by atoms with E-state index in [1.807, 2.05) is 43.1 Å². The second kappa shape index (κ2) is 7.65. The first kappa shape index (κ1) is 17.4. The highest BCUT2D eigenvalue weighted by Gasteiger charge is 2.27. The van der Waals surface area contributed by atoms with Crippen molar-refractivity contribution in [2.24, 2.45) is 5.92 Å². The third-order valence-corrected chi connectivity index (χ3v) is 4.71. The van der Waals surface area contributed by atoms with Gasteiger partial charge in [0.05, 0.1) is 18.5 Å². The van der Waals surface area contributed by atoms with Crippen LogP contribution >= 0.6 is 0 Å². The van der Waals surface area contributed by atoms with Crippen LogP contribution in [-0.2, 0) is 0 Å². The van der Waals surface area contributed by atoms with E-state index in [-0.39, 0.29) is 5.91 Å². The minimum absolute atomic E-state index is 0.0296. The molecule has 0 aliphatic carbocycles. The molecule has 1 aliphatic heterocycles. The van der Waals surface area contributed by atoms with Gasteiger partial charge in [0.25, 0.3) is 5.91 Å². The number of carbonyl (C=O) groups is 1. The van der Waals surface area contributed by atoms with Gasteiger partial charge in [-0.2, -0.15) is 0 Å². The normalized spacial score (nSPS) is 17.6. The summed E-state index contributed by atoms with van der Waals surface area (Å²) in [6.45, 7) is 4.37. The van der Waals surface area contributed by atoms with Crippen molar-refractivity contribution in [3.8, 4) is 11.4 Å². The molecule has 7 nitrogen and oxygen atoms in total. The van der Waals surface area contributed by atoms with Crippen LogP contribution in [0.25, 0.3) is 5.69 Å². The van der Waals surface area contributed by atoms with Crippen LogP contribution in [0.4, 0.5) is 0 Å². The Morgan fingerprint density at radius 1 is 1.36 bits per heavy atom. The lowest BCUT2D eigenvalue weighted by molar-refractivity contribution is 0.0667. The maximum atomic E-state index is 12.9. The predicted molar refractivity (Wildman–Crippen MR) is 95.2 cm³/mol. The highest BCUT2D eigenvalue weighted by atomic mass is 16.5. The fourth-order valence-corrected chi connectivity index (χ4v) is 3.35. The Bertz CT molecular complexity index is 724. The molecule has 1 aromatic carbocycles. The van der Waals surface area contributed by atoms with E-state index >= 15 is 0 Å². The fraction of sp³-hybridized carbons (Fsp3) is 0.500. The zero-order chi connectivity index (χ0) is 17.8. The van der Waals surface area contributed by atoms with Crippen molar-refractivity contribution in [3.63, 3.8) is 0 Å². The number of nitrogens with one attached hydrogen (secondary N) is 1.